The fourth-order valence-corrected chi connectivity index (χ4v) is 3.81. The summed E-state index contributed by atoms with van der Waals surface area (Å²) in [6, 6.07) is 0.0467. The zero-order valence-corrected chi connectivity index (χ0v) is 15.3. The van der Waals surface area contributed by atoms with Crippen molar-refractivity contribution in [3.63, 3.8) is 0 Å². The number of carboxylic acid groups (broad SMARTS) is 1. The molecule has 1 saturated heterocycles. The molecule has 140 valence electrons. The molecule has 8 nitrogen and oxygen atoms in total. The summed E-state index contributed by atoms with van der Waals surface area (Å²) in [4.78, 5) is 34.1. The number of amides is 1. The predicted molar refractivity (Wildman–Crippen MR) is 94.8 cm³/mol. The smallest absolute Gasteiger partial charge is 0.303 e. The molecule has 0 aromatic carbocycles. The van der Waals surface area contributed by atoms with Crippen LogP contribution in [0.3, 0.4) is 0 Å². The molecule has 1 N–H and O–H groups in total. The van der Waals surface area contributed by atoms with E-state index in [0.717, 1.165) is 42.8 Å². The number of aliphatic carboxylic acids is 1. The van der Waals surface area contributed by atoms with Crippen LogP contribution in [0.25, 0.3) is 5.78 Å². The van der Waals surface area contributed by atoms with Gasteiger partial charge in [-0.3, -0.25) is 9.59 Å². The summed E-state index contributed by atoms with van der Waals surface area (Å²) >= 11 is 0. The molecule has 0 radical (unpaired) electrons. The van der Waals surface area contributed by atoms with Crippen molar-refractivity contribution in [1.82, 2.24) is 24.5 Å². The normalized spacial score (nSPS) is 17.6. The Balaban J connectivity index is 1.68. The van der Waals surface area contributed by atoms with E-state index in [9.17, 15) is 9.59 Å². The highest BCUT2D eigenvalue weighted by Gasteiger charge is 2.27. The summed E-state index contributed by atoms with van der Waals surface area (Å²) in [6.45, 7) is 4.62. The third-order valence-corrected chi connectivity index (χ3v) is 5.22. The van der Waals surface area contributed by atoms with E-state index in [2.05, 4.69) is 15.1 Å². The molecule has 1 aliphatic rings. The zero-order chi connectivity index (χ0) is 18.7. The van der Waals surface area contributed by atoms with Gasteiger partial charge in [-0.05, 0) is 51.5 Å². The first-order valence-electron chi connectivity index (χ1n) is 9.14. The summed E-state index contributed by atoms with van der Waals surface area (Å²) in [7, 11) is 0. The predicted octanol–water partition coefficient (Wildman–Crippen LogP) is 1.92. The Morgan fingerprint density at radius 1 is 1.27 bits per heavy atom. The van der Waals surface area contributed by atoms with E-state index >= 15 is 0 Å². The fourth-order valence-electron chi connectivity index (χ4n) is 3.81. The average molecular weight is 359 g/mol. The molecule has 1 unspecified atom stereocenters. The summed E-state index contributed by atoms with van der Waals surface area (Å²) in [5.74, 6) is -0.140. The molecular formula is C18H25N5O3. The molecule has 0 saturated carbocycles. The quantitative estimate of drug-likeness (QED) is 0.846. The standard InChI is InChI=1S/C18H25N5O3/c1-12-15(13(2)23-18(21-12)19-11-20-23)7-8-16(24)22-10-4-3-5-14(22)6-9-17(25)26/h11,14H,3-10H2,1-2H3,(H,25,26). The lowest BCUT2D eigenvalue weighted by atomic mass is 9.96. The maximum absolute atomic E-state index is 12.8. The summed E-state index contributed by atoms with van der Waals surface area (Å²) in [5, 5.41) is 13.1. The molecule has 1 fully saturated rings. The number of hydrogen-bond donors (Lipinski definition) is 1. The minimum Gasteiger partial charge on any atom is -0.481 e. The van der Waals surface area contributed by atoms with Crippen LogP contribution >= 0.6 is 0 Å². The van der Waals surface area contributed by atoms with Gasteiger partial charge in [-0.25, -0.2) is 9.50 Å². The van der Waals surface area contributed by atoms with E-state index < -0.39 is 5.97 Å². The molecule has 1 amide bonds. The molecule has 2 aromatic rings. The number of aryl methyl sites for hydroxylation is 2. The lowest BCUT2D eigenvalue weighted by molar-refractivity contribution is -0.140. The van der Waals surface area contributed by atoms with Crippen molar-refractivity contribution in [2.24, 2.45) is 0 Å². The van der Waals surface area contributed by atoms with E-state index in [0.29, 0.717) is 25.0 Å². The minimum absolute atomic E-state index is 0.0467. The maximum atomic E-state index is 12.8. The van der Waals surface area contributed by atoms with E-state index in [1.54, 1.807) is 4.52 Å². The van der Waals surface area contributed by atoms with Crippen molar-refractivity contribution in [1.29, 1.82) is 0 Å². The number of hydrogen-bond acceptors (Lipinski definition) is 5. The first kappa shape index (κ1) is 18.3. The van der Waals surface area contributed by atoms with Gasteiger partial charge >= 0.3 is 5.97 Å². The van der Waals surface area contributed by atoms with Crippen LogP contribution in [-0.4, -0.2) is 54.1 Å². The monoisotopic (exact) mass is 359 g/mol. The van der Waals surface area contributed by atoms with Crippen LogP contribution in [0.1, 0.15) is 55.5 Å². The number of rotatable bonds is 6. The highest BCUT2D eigenvalue weighted by Crippen LogP contribution is 2.23. The van der Waals surface area contributed by atoms with Gasteiger partial charge < -0.3 is 10.0 Å². The molecular weight excluding hydrogens is 334 g/mol. The van der Waals surface area contributed by atoms with Gasteiger partial charge in [-0.2, -0.15) is 10.1 Å². The number of carbonyl (C=O) groups excluding carboxylic acids is 1. The van der Waals surface area contributed by atoms with Gasteiger partial charge in [0.2, 0.25) is 5.91 Å². The topological polar surface area (TPSA) is 101 Å². The molecule has 1 aliphatic heterocycles. The Labute approximate surface area is 152 Å². The number of piperidine rings is 1. The van der Waals surface area contributed by atoms with Gasteiger partial charge in [0.05, 0.1) is 0 Å². The highest BCUT2D eigenvalue weighted by molar-refractivity contribution is 5.77. The van der Waals surface area contributed by atoms with Gasteiger partial charge in [0.15, 0.2) is 0 Å². The maximum Gasteiger partial charge on any atom is 0.303 e. The molecule has 3 heterocycles. The SMILES string of the molecule is Cc1nc2ncnn2c(C)c1CCC(=O)N1CCCCC1CCC(=O)O. The third-order valence-electron chi connectivity index (χ3n) is 5.22. The molecule has 1 atom stereocenters. The molecule has 26 heavy (non-hydrogen) atoms. The highest BCUT2D eigenvalue weighted by atomic mass is 16.4. The van der Waals surface area contributed by atoms with Gasteiger partial charge in [-0.15, -0.1) is 0 Å². The molecule has 0 bridgehead atoms. The van der Waals surface area contributed by atoms with Gasteiger partial charge in [0.25, 0.3) is 5.78 Å². The number of carboxylic acids is 1. The van der Waals surface area contributed by atoms with Crippen molar-refractivity contribution in [2.45, 2.75) is 64.8 Å². The van der Waals surface area contributed by atoms with E-state index in [4.69, 9.17) is 5.11 Å². The fraction of sp³-hybridized carbons (Fsp3) is 0.611. The molecule has 3 rings (SSSR count). The second kappa shape index (κ2) is 7.80. The van der Waals surface area contributed by atoms with Crippen LogP contribution in [0.15, 0.2) is 6.33 Å². The Morgan fingerprint density at radius 2 is 2.08 bits per heavy atom. The minimum atomic E-state index is -0.804. The van der Waals surface area contributed by atoms with Crippen molar-refractivity contribution in [3.8, 4) is 0 Å². The largest absolute Gasteiger partial charge is 0.481 e. The Bertz CT molecular complexity index is 817. The molecule has 0 spiro atoms. The van der Waals surface area contributed by atoms with Gasteiger partial charge in [0, 0.05) is 36.8 Å². The number of carbonyl (C=O) groups is 2. The van der Waals surface area contributed by atoms with Crippen LogP contribution in [0.5, 0.6) is 0 Å². The van der Waals surface area contributed by atoms with Crippen LogP contribution in [-0.2, 0) is 16.0 Å². The van der Waals surface area contributed by atoms with Crippen LogP contribution in [0, 0.1) is 13.8 Å². The third kappa shape index (κ3) is 3.84. The van der Waals surface area contributed by atoms with Crippen LogP contribution < -0.4 is 0 Å². The summed E-state index contributed by atoms with van der Waals surface area (Å²) in [5.41, 5.74) is 2.85. The van der Waals surface area contributed by atoms with Crippen LogP contribution in [0.2, 0.25) is 0 Å². The van der Waals surface area contributed by atoms with Crippen molar-refractivity contribution in [2.75, 3.05) is 6.54 Å². The Morgan fingerprint density at radius 3 is 2.85 bits per heavy atom. The van der Waals surface area contributed by atoms with Gasteiger partial charge in [0.1, 0.15) is 6.33 Å². The van der Waals surface area contributed by atoms with Crippen molar-refractivity contribution >= 4 is 17.7 Å². The summed E-state index contributed by atoms with van der Waals surface area (Å²) < 4.78 is 1.70. The number of fused-ring (bicyclic) bond motifs is 1. The lowest BCUT2D eigenvalue weighted by Gasteiger charge is -2.36. The number of likely N-dealkylation sites (tertiary alicyclic amines) is 1. The van der Waals surface area contributed by atoms with Crippen molar-refractivity contribution < 1.29 is 14.7 Å². The second-order valence-corrected chi connectivity index (χ2v) is 6.90. The molecule has 2 aromatic heterocycles. The Kier molecular flexibility index (Phi) is 5.49. The van der Waals surface area contributed by atoms with E-state index in [1.165, 1.54) is 6.33 Å². The number of aromatic nitrogens is 4. The first-order chi connectivity index (χ1) is 12.5. The first-order valence-corrected chi connectivity index (χ1v) is 9.14. The van der Waals surface area contributed by atoms with Crippen LogP contribution in [0.4, 0.5) is 0 Å². The lowest BCUT2D eigenvalue weighted by Crippen LogP contribution is -2.44. The summed E-state index contributed by atoms with van der Waals surface area (Å²) in [6.07, 6.45) is 6.05. The number of nitrogens with zero attached hydrogens (tertiary/aromatic N) is 5. The Hall–Kier alpha value is -2.51. The molecule has 8 heteroatoms. The van der Waals surface area contributed by atoms with Gasteiger partial charge in [-0.1, -0.05) is 0 Å². The molecule has 0 aliphatic carbocycles. The average Bonchev–Trinajstić information content (AvgIpc) is 3.08. The van der Waals surface area contributed by atoms with Crippen molar-refractivity contribution in [3.05, 3.63) is 23.3 Å². The second-order valence-electron chi connectivity index (χ2n) is 6.90. The van der Waals surface area contributed by atoms with E-state index in [-0.39, 0.29) is 18.4 Å². The zero-order valence-electron chi connectivity index (χ0n) is 15.3. The van der Waals surface area contributed by atoms with E-state index in [1.807, 2.05) is 18.7 Å².